The zero-order valence-corrected chi connectivity index (χ0v) is 11.8. The quantitative estimate of drug-likeness (QED) is 0.841. The number of nitrogens with zero attached hydrogens (tertiary/aromatic N) is 1. The van der Waals surface area contributed by atoms with Gasteiger partial charge in [0.1, 0.15) is 0 Å². The average molecular weight is 275 g/mol. The zero-order valence-electron chi connectivity index (χ0n) is 11.0. The van der Waals surface area contributed by atoms with Gasteiger partial charge in [0, 0.05) is 22.7 Å². The van der Waals surface area contributed by atoms with Crippen molar-refractivity contribution in [1.29, 1.82) is 0 Å². The van der Waals surface area contributed by atoms with Crippen molar-refractivity contribution in [3.8, 4) is 0 Å². The summed E-state index contributed by atoms with van der Waals surface area (Å²) in [6.07, 6.45) is 0.916. The predicted molar refractivity (Wildman–Crippen MR) is 77.4 cm³/mol. The summed E-state index contributed by atoms with van der Waals surface area (Å²) in [5.74, 6) is 0. The van der Waals surface area contributed by atoms with E-state index in [9.17, 15) is 4.79 Å². The number of hydrogen-bond acceptors (Lipinski definition) is 4. The number of aromatic nitrogens is 2. The van der Waals surface area contributed by atoms with E-state index in [1.54, 1.807) is 0 Å². The normalized spacial score (nSPS) is 12.4. The van der Waals surface area contributed by atoms with Crippen LogP contribution < -0.4 is 11.3 Å². The molecular formula is C14H17N3OS. The van der Waals surface area contributed by atoms with Crippen LogP contribution in [-0.2, 0) is 0 Å². The van der Waals surface area contributed by atoms with Crippen LogP contribution in [0.5, 0.6) is 0 Å². The Morgan fingerprint density at radius 2 is 2.05 bits per heavy atom. The molecule has 0 bridgehead atoms. The Kier molecular flexibility index (Phi) is 4.39. The molecule has 2 aromatic rings. The lowest BCUT2D eigenvalue weighted by molar-refractivity contribution is 0.698. The minimum absolute atomic E-state index is 0.0796. The van der Waals surface area contributed by atoms with Crippen molar-refractivity contribution in [2.45, 2.75) is 36.4 Å². The van der Waals surface area contributed by atoms with E-state index in [0.29, 0.717) is 5.16 Å². The maximum atomic E-state index is 11.4. The lowest BCUT2D eigenvalue weighted by Gasteiger charge is -2.09. The number of nitrogens with two attached hydrogens (primary N) is 1. The van der Waals surface area contributed by atoms with Gasteiger partial charge in [-0.15, -0.1) is 0 Å². The van der Waals surface area contributed by atoms with E-state index in [0.717, 1.165) is 22.6 Å². The van der Waals surface area contributed by atoms with Crippen LogP contribution in [0.15, 0.2) is 45.2 Å². The van der Waals surface area contributed by atoms with Gasteiger partial charge in [0.2, 0.25) is 0 Å². The molecular weight excluding hydrogens is 258 g/mol. The van der Waals surface area contributed by atoms with Crippen molar-refractivity contribution >= 4 is 11.8 Å². The standard InChI is InChI=1S/C14H17N3OS/c1-3-12(15)10-4-6-11(7-5-10)19-14-16-9(2)8-13(18)17-14/h4-8,12H,3,15H2,1-2H3,(H,16,17,18). The van der Waals surface area contributed by atoms with Crippen LogP contribution in [0.3, 0.4) is 0 Å². The SMILES string of the molecule is CCC(N)c1ccc(Sc2nc(C)cc(=O)[nH]2)cc1. The molecule has 0 aliphatic carbocycles. The number of hydrogen-bond donors (Lipinski definition) is 2. The summed E-state index contributed by atoms with van der Waals surface area (Å²) in [6, 6.07) is 9.59. The Morgan fingerprint density at radius 1 is 1.37 bits per heavy atom. The fraction of sp³-hybridized carbons (Fsp3) is 0.286. The van der Waals surface area contributed by atoms with Crippen molar-refractivity contribution in [3.63, 3.8) is 0 Å². The molecule has 4 nitrogen and oxygen atoms in total. The van der Waals surface area contributed by atoms with Gasteiger partial charge >= 0.3 is 0 Å². The summed E-state index contributed by atoms with van der Waals surface area (Å²) in [5, 5.41) is 0.609. The van der Waals surface area contributed by atoms with Crippen LogP contribution in [0, 0.1) is 6.92 Å². The number of rotatable bonds is 4. The van der Waals surface area contributed by atoms with Crippen LogP contribution in [0.1, 0.15) is 30.6 Å². The smallest absolute Gasteiger partial charge is 0.251 e. The molecule has 0 amide bonds. The van der Waals surface area contributed by atoms with E-state index >= 15 is 0 Å². The maximum Gasteiger partial charge on any atom is 0.251 e. The molecule has 0 spiro atoms. The number of aryl methyl sites for hydroxylation is 1. The molecule has 1 aromatic heterocycles. The Morgan fingerprint density at radius 3 is 2.63 bits per heavy atom. The van der Waals surface area contributed by atoms with E-state index in [2.05, 4.69) is 16.9 Å². The second-order valence-electron chi connectivity index (χ2n) is 4.38. The molecule has 0 saturated carbocycles. The van der Waals surface area contributed by atoms with Crippen molar-refractivity contribution in [2.75, 3.05) is 0 Å². The first kappa shape index (κ1) is 13.8. The number of benzene rings is 1. The summed E-state index contributed by atoms with van der Waals surface area (Å²) in [6.45, 7) is 3.87. The highest BCUT2D eigenvalue weighted by Crippen LogP contribution is 2.25. The second kappa shape index (κ2) is 6.04. The molecule has 100 valence electrons. The molecule has 1 heterocycles. The van der Waals surface area contributed by atoms with E-state index < -0.39 is 0 Å². The van der Waals surface area contributed by atoms with Gasteiger partial charge in [-0.05, 0) is 31.0 Å². The monoisotopic (exact) mass is 275 g/mol. The highest BCUT2D eigenvalue weighted by molar-refractivity contribution is 7.99. The van der Waals surface area contributed by atoms with Crippen molar-refractivity contribution in [1.82, 2.24) is 9.97 Å². The fourth-order valence-corrected chi connectivity index (χ4v) is 2.57. The summed E-state index contributed by atoms with van der Waals surface area (Å²) in [7, 11) is 0. The Labute approximate surface area is 116 Å². The van der Waals surface area contributed by atoms with Gasteiger partial charge < -0.3 is 10.7 Å². The van der Waals surface area contributed by atoms with E-state index in [1.165, 1.54) is 17.8 Å². The molecule has 3 N–H and O–H groups in total. The van der Waals surface area contributed by atoms with Crippen LogP contribution in [-0.4, -0.2) is 9.97 Å². The minimum atomic E-state index is -0.125. The van der Waals surface area contributed by atoms with Gasteiger partial charge in [-0.25, -0.2) is 4.98 Å². The molecule has 1 atom stereocenters. The molecule has 0 aliphatic rings. The molecule has 0 saturated heterocycles. The van der Waals surface area contributed by atoms with Gasteiger partial charge in [0.05, 0.1) is 0 Å². The third-order valence-electron chi connectivity index (χ3n) is 2.81. The van der Waals surface area contributed by atoms with Crippen LogP contribution >= 0.6 is 11.8 Å². The van der Waals surface area contributed by atoms with E-state index in [4.69, 9.17) is 5.73 Å². The third-order valence-corrected chi connectivity index (χ3v) is 3.71. The molecule has 5 heteroatoms. The highest BCUT2D eigenvalue weighted by Gasteiger charge is 2.05. The van der Waals surface area contributed by atoms with Gasteiger partial charge in [-0.1, -0.05) is 30.8 Å². The second-order valence-corrected chi connectivity index (χ2v) is 5.44. The van der Waals surface area contributed by atoms with Gasteiger partial charge in [-0.2, -0.15) is 0 Å². The van der Waals surface area contributed by atoms with Crippen molar-refractivity contribution in [2.24, 2.45) is 5.73 Å². The highest BCUT2D eigenvalue weighted by atomic mass is 32.2. The summed E-state index contributed by atoms with van der Waals surface area (Å²) >= 11 is 1.44. The van der Waals surface area contributed by atoms with E-state index in [1.807, 2.05) is 31.2 Å². The summed E-state index contributed by atoms with van der Waals surface area (Å²) in [5.41, 5.74) is 7.69. The van der Waals surface area contributed by atoms with Crippen LogP contribution in [0.25, 0.3) is 0 Å². The molecule has 1 unspecified atom stereocenters. The Balaban J connectivity index is 2.17. The molecule has 1 aromatic carbocycles. The largest absolute Gasteiger partial charge is 0.324 e. The lowest BCUT2D eigenvalue weighted by Crippen LogP contribution is -2.08. The molecule has 0 radical (unpaired) electrons. The third kappa shape index (κ3) is 3.68. The Hall–Kier alpha value is -1.59. The Bertz CT molecular complexity index is 607. The molecule has 19 heavy (non-hydrogen) atoms. The van der Waals surface area contributed by atoms with Gasteiger partial charge in [0.25, 0.3) is 5.56 Å². The molecule has 0 aliphatic heterocycles. The zero-order chi connectivity index (χ0) is 13.8. The first-order valence-electron chi connectivity index (χ1n) is 6.20. The maximum absolute atomic E-state index is 11.4. The van der Waals surface area contributed by atoms with Gasteiger partial charge in [0.15, 0.2) is 5.16 Å². The first-order valence-corrected chi connectivity index (χ1v) is 7.01. The number of nitrogens with one attached hydrogen (secondary N) is 1. The topological polar surface area (TPSA) is 71.8 Å². The average Bonchev–Trinajstić information content (AvgIpc) is 2.37. The summed E-state index contributed by atoms with van der Waals surface area (Å²) in [4.78, 5) is 19.4. The van der Waals surface area contributed by atoms with E-state index in [-0.39, 0.29) is 11.6 Å². The van der Waals surface area contributed by atoms with Crippen molar-refractivity contribution < 1.29 is 0 Å². The van der Waals surface area contributed by atoms with Crippen LogP contribution in [0.4, 0.5) is 0 Å². The predicted octanol–water partition coefficient (Wildman–Crippen LogP) is 2.64. The van der Waals surface area contributed by atoms with Crippen molar-refractivity contribution in [3.05, 3.63) is 51.9 Å². The summed E-state index contributed by atoms with van der Waals surface area (Å²) < 4.78 is 0. The van der Waals surface area contributed by atoms with Crippen LogP contribution in [0.2, 0.25) is 0 Å². The fourth-order valence-electron chi connectivity index (χ4n) is 1.73. The number of H-pyrrole nitrogens is 1. The molecule has 0 fully saturated rings. The minimum Gasteiger partial charge on any atom is -0.324 e. The van der Waals surface area contributed by atoms with Gasteiger partial charge in [-0.3, -0.25) is 4.79 Å². The number of aromatic amines is 1. The first-order chi connectivity index (χ1) is 9.08. The lowest BCUT2D eigenvalue weighted by atomic mass is 10.1. The molecule has 2 rings (SSSR count).